The first-order valence-electron chi connectivity index (χ1n) is 5.87. The highest BCUT2D eigenvalue weighted by Gasteiger charge is 2.10. The molecule has 0 saturated carbocycles. The van der Waals surface area contributed by atoms with Crippen molar-refractivity contribution in [2.45, 2.75) is 12.4 Å². The summed E-state index contributed by atoms with van der Waals surface area (Å²) in [4.78, 5) is 8.70. The van der Waals surface area contributed by atoms with Gasteiger partial charge in [-0.2, -0.15) is 0 Å². The van der Waals surface area contributed by atoms with E-state index in [2.05, 4.69) is 42.6 Å². The third kappa shape index (κ3) is 2.51. The van der Waals surface area contributed by atoms with Crippen LogP contribution in [-0.2, 0) is 12.4 Å². The molecule has 3 nitrogen and oxygen atoms in total. The van der Waals surface area contributed by atoms with E-state index >= 15 is 0 Å². The number of alkyl halides is 1. The zero-order chi connectivity index (χ0) is 13.2. The highest BCUT2D eigenvalue weighted by Crippen LogP contribution is 2.23. The third-order valence-electron chi connectivity index (χ3n) is 2.97. The number of imidazole rings is 1. The maximum absolute atomic E-state index is 6.00. The lowest BCUT2D eigenvalue weighted by Crippen LogP contribution is -2.04. The van der Waals surface area contributed by atoms with Gasteiger partial charge in [-0.3, -0.25) is 4.98 Å². The second-order valence-corrected chi connectivity index (χ2v) is 5.43. The van der Waals surface area contributed by atoms with Crippen molar-refractivity contribution in [2.75, 3.05) is 0 Å². The standard InChI is InChI=1S/C14H11BrClN3/c15-11-3-4-12-13(6-11)19(14(7-16)18-12)9-10-2-1-5-17-8-10/h1-6,8H,7,9H2. The lowest BCUT2D eigenvalue weighted by molar-refractivity contribution is 0.775. The number of benzene rings is 1. The zero-order valence-electron chi connectivity index (χ0n) is 10.1. The van der Waals surface area contributed by atoms with Crippen molar-refractivity contribution in [1.82, 2.24) is 14.5 Å². The molecule has 0 unspecified atom stereocenters. The predicted molar refractivity (Wildman–Crippen MR) is 80.3 cm³/mol. The number of fused-ring (bicyclic) bond motifs is 1. The molecule has 0 aliphatic heterocycles. The summed E-state index contributed by atoms with van der Waals surface area (Å²) in [5.41, 5.74) is 3.17. The summed E-state index contributed by atoms with van der Waals surface area (Å²) in [6, 6.07) is 10.0. The van der Waals surface area contributed by atoms with Crippen molar-refractivity contribution < 1.29 is 0 Å². The smallest absolute Gasteiger partial charge is 0.125 e. The molecular formula is C14H11BrClN3. The van der Waals surface area contributed by atoms with Gasteiger partial charge in [-0.15, -0.1) is 11.6 Å². The fourth-order valence-electron chi connectivity index (χ4n) is 2.10. The lowest BCUT2D eigenvalue weighted by Gasteiger charge is -2.07. The molecule has 0 aliphatic carbocycles. The van der Waals surface area contributed by atoms with Crippen LogP contribution in [0, 0.1) is 0 Å². The number of rotatable bonds is 3. The molecule has 0 amide bonds. The summed E-state index contributed by atoms with van der Waals surface area (Å²) >= 11 is 9.50. The monoisotopic (exact) mass is 335 g/mol. The largest absolute Gasteiger partial charge is 0.322 e. The van der Waals surface area contributed by atoms with Gasteiger partial charge < -0.3 is 4.57 Å². The van der Waals surface area contributed by atoms with Gasteiger partial charge in [0.25, 0.3) is 0 Å². The Morgan fingerprint density at radius 2 is 2.16 bits per heavy atom. The van der Waals surface area contributed by atoms with Gasteiger partial charge in [0, 0.05) is 16.9 Å². The molecule has 0 atom stereocenters. The van der Waals surface area contributed by atoms with Gasteiger partial charge in [0.2, 0.25) is 0 Å². The molecule has 3 rings (SSSR count). The summed E-state index contributed by atoms with van der Waals surface area (Å²) in [7, 11) is 0. The van der Waals surface area contributed by atoms with Crippen LogP contribution in [0.3, 0.4) is 0 Å². The van der Waals surface area contributed by atoms with Crippen LogP contribution < -0.4 is 0 Å². The minimum atomic E-state index is 0.395. The third-order valence-corrected chi connectivity index (χ3v) is 3.70. The Morgan fingerprint density at radius 3 is 2.89 bits per heavy atom. The van der Waals surface area contributed by atoms with E-state index in [-0.39, 0.29) is 0 Å². The number of halogens is 2. The van der Waals surface area contributed by atoms with Crippen LogP contribution in [-0.4, -0.2) is 14.5 Å². The first-order valence-corrected chi connectivity index (χ1v) is 7.20. The molecule has 2 aromatic heterocycles. The molecule has 96 valence electrons. The maximum atomic E-state index is 6.00. The Hall–Kier alpha value is -1.39. The van der Waals surface area contributed by atoms with E-state index in [1.807, 2.05) is 24.4 Å². The quantitative estimate of drug-likeness (QED) is 0.677. The van der Waals surface area contributed by atoms with Crippen molar-refractivity contribution in [1.29, 1.82) is 0 Å². The van der Waals surface area contributed by atoms with Gasteiger partial charge in [0.15, 0.2) is 0 Å². The zero-order valence-corrected chi connectivity index (χ0v) is 12.4. The molecule has 19 heavy (non-hydrogen) atoms. The Labute approximate surface area is 124 Å². The van der Waals surface area contributed by atoms with Crippen LogP contribution in [0.4, 0.5) is 0 Å². The van der Waals surface area contributed by atoms with Crippen LogP contribution in [0.1, 0.15) is 11.4 Å². The van der Waals surface area contributed by atoms with Gasteiger partial charge in [-0.25, -0.2) is 4.98 Å². The van der Waals surface area contributed by atoms with Crippen LogP contribution in [0.2, 0.25) is 0 Å². The van der Waals surface area contributed by atoms with Crippen LogP contribution >= 0.6 is 27.5 Å². The number of nitrogens with zero attached hydrogens (tertiary/aromatic N) is 3. The van der Waals surface area contributed by atoms with Crippen molar-refractivity contribution >= 4 is 38.6 Å². The summed E-state index contributed by atoms with van der Waals surface area (Å²) in [6.07, 6.45) is 3.64. The van der Waals surface area contributed by atoms with Gasteiger partial charge in [-0.05, 0) is 29.8 Å². The molecular weight excluding hydrogens is 326 g/mol. The summed E-state index contributed by atoms with van der Waals surface area (Å²) in [6.45, 7) is 0.725. The average molecular weight is 337 g/mol. The fraction of sp³-hybridized carbons (Fsp3) is 0.143. The molecule has 0 spiro atoms. The second-order valence-electron chi connectivity index (χ2n) is 4.24. The summed E-state index contributed by atoms with van der Waals surface area (Å²) < 4.78 is 3.16. The molecule has 2 heterocycles. The lowest BCUT2D eigenvalue weighted by atomic mass is 10.2. The van der Waals surface area contributed by atoms with E-state index in [0.717, 1.165) is 33.4 Å². The van der Waals surface area contributed by atoms with Crippen molar-refractivity contribution in [3.8, 4) is 0 Å². The number of pyridine rings is 1. The van der Waals surface area contributed by atoms with Crippen molar-refractivity contribution in [2.24, 2.45) is 0 Å². The summed E-state index contributed by atoms with van der Waals surface area (Å²) in [5.74, 6) is 1.27. The normalized spacial score (nSPS) is 11.1. The topological polar surface area (TPSA) is 30.7 Å². The minimum Gasteiger partial charge on any atom is -0.322 e. The Balaban J connectivity index is 2.12. The van der Waals surface area contributed by atoms with Gasteiger partial charge >= 0.3 is 0 Å². The maximum Gasteiger partial charge on any atom is 0.125 e. The number of aromatic nitrogens is 3. The van der Waals surface area contributed by atoms with Crippen molar-refractivity contribution in [3.63, 3.8) is 0 Å². The Bertz CT molecular complexity index is 709. The molecule has 0 saturated heterocycles. The average Bonchev–Trinajstić information content (AvgIpc) is 2.78. The Morgan fingerprint density at radius 1 is 1.26 bits per heavy atom. The van der Waals surface area contributed by atoms with Gasteiger partial charge in [-0.1, -0.05) is 22.0 Å². The molecule has 0 fully saturated rings. The summed E-state index contributed by atoms with van der Waals surface area (Å²) in [5, 5.41) is 0. The van der Waals surface area contributed by atoms with Crippen LogP contribution in [0.25, 0.3) is 11.0 Å². The van der Waals surface area contributed by atoms with Crippen LogP contribution in [0.5, 0.6) is 0 Å². The van der Waals surface area contributed by atoms with Gasteiger partial charge in [0.1, 0.15) is 5.82 Å². The molecule has 5 heteroatoms. The predicted octanol–water partition coefficient (Wildman–Crippen LogP) is 3.98. The molecule has 0 aliphatic rings. The van der Waals surface area contributed by atoms with E-state index in [9.17, 15) is 0 Å². The van der Waals surface area contributed by atoms with Crippen LogP contribution in [0.15, 0.2) is 47.2 Å². The molecule has 0 bridgehead atoms. The molecule has 0 radical (unpaired) electrons. The molecule has 3 aromatic rings. The van der Waals surface area contributed by atoms with E-state index in [1.54, 1.807) is 6.20 Å². The highest BCUT2D eigenvalue weighted by molar-refractivity contribution is 9.10. The van der Waals surface area contributed by atoms with Crippen molar-refractivity contribution in [3.05, 3.63) is 58.6 Å². The first-order chi connectivity index (χ1) is 9.28. The fourth-order valence-corrected chi connectivity index (χ4v) is 2.65. The Kier molecular flexibility index (Phi) is 3.53. The minimum absolute atomic E-state index is 0.395. The van der Waals surface area contributed by atoms with Gasteiger partial charge in [0.05, 0.1) is 23.5 Å². The number of hydrogen-bond acceptors (Lipinski definition) is 2. The first kappa shape index (κ1) is 12.6. The molecule has 0 N–H and O–H groups in total. The second kappa shape index (κ2) is 5.31. The molecule has 1 aromatic carbocycles. The highest BCUT2D eigenvalue weighted by atomic mass is 79.9. The number of hydrogen-bond donors (Lipinski definition) is 0. The van der Waals surface area contributed by atoms with E-state index in [0.29, 0.717) is 5.88 Å². The van der Waals surface area contributed by atoms with E-state index in [1.165, 1.54) is 0 Å². The SMILES string of the molecule is ClCc1nc2ccc(Br)cc2n1Cc1cccnc1. The van der Waals surface area contributed by atoms with E-state index < -0.39 is 0 Å². The van der Waals surface area contributed by atoms with E-state index in [4.69, 9.17) is 11.6 Å².